The predicted molar refractivity (Wildman–Crippen MR) is 56.7 cm³/mol. The van der Waals surface area contributed by atoms with Crippen molar-refractivity contribution < 1.29 is 22.6 Å². The second kappa shape index (κ2) is 6.36. The fraction of sp³-hybridized carbons (Fsp3) is 0.556. The summed E-state index contributed by atoms with van der Waals surface area (Å²) in [6.45, 7) is 0.838. The molecule has 1 aromatic heterocycles. The minimum atomic E-state index is -4.43. The molecule has 0 aliphatic carbocycles. The van der Waals surface area contributed by atoms with E-state index in [1.807, 2.05) is 0 Å². The molecule has 1 heterocycles. The molecular weight excluding hydrogens is 253 g/mol. The van der Waals surface area contributed by atoms with Gasteiger partial charge in [-0.1, -0.05) is 0 Å². The van der Waals surface area contributed by atoms with Gasteiger partial charge in [-0.25, -0.2) is 10.8 Å². The molecule has 0 aromatic carbocycles. The van der Waals surface area contributed by atoms with E-state index in [9.17, 15) is 13.2 Å². The van der Waals surface area contributed by atoms with E-state index < -0.39 is 12.8 Å². The lowest BCUT2D eigenvalue weighted by Crippen LogP contribution is -2.20. The number of hydrogen-bond donors (Lipinski definition) is 2. The van der Waals surface area contributed by atoms with Crippen LogP contribution in [0.1, 0.15) is 12.7 Å². The molecule has 0 saturated heterocycles. The first kappa shape index (κ1) is 14.5. The van der Waals surface area contributed by atoms with Gasteiger partial charge in [0.05, 0.1) is 0 Å². The standard InChI is InChI=1S/C9H13F3N4O2/c1-2-17-4-7-14-6(16-13)3-8(15-7)18-5-9(10,11)12/h3H,2,4-5,13H2,1H3,(H,14,15,16). The first-order valence-electron chi connectivity index (χ1n) is 5.06. The van der Waals surface area contributed by atoms with Crippen LogP contribution in [0, 0.1) is 0 Å². The Bertz CT molecular complexity index is 387. The van der Waals surface area contributed by atoms with Gasteiger partial charge in [0.1, 0.15) is 12.4 Å². The minimum Gasteiger partial charge on any atom is -0.468 e. The Kier molecular flexibility index (Phi) is 5.10. The second-order valence-electron chi connectivity index (χ2n) is 3.19. The number of nitrogens with one attached hydrogen (secondary N) is 1. The molecule has 0 unspecified atom stereocenters. The van der Waals surface area contributed by atoms with Crippen LogP contribution < -0.4 is 16.0 Å². The zero-order chi connectivity index (χ0) is 13.6. The molecule has 3 N–H and O–H groups in total. The lowest BCUT2D eigenvalue weighted by molar-refractivity contribution is -0.154. The Morgan fingerprint density at radius 2 is 2.11 bits per heavy atom. The maximum Gasteiger partial charge on any atom is 0.422 e. The number of hydrogen-bond acceptors (Lipinski definition) is 6. The van der Waals surface area contributed by atoms with Gasteiger partial charge in [-0.05, 0) is 6.92 Å². The number of nitrogens with zero attached hydrogens (tertiary/aromatic N) is 2. The molecule has 1 rings (SSSR count). The Morgan fingerprint density at radius 1 is 1.39 bits per heavy atom. The number of alkyl halides is 3. The number of ether oxygens (including phenoxy) is 2. The van der Waals surface area contributed by atoms with Gasteiger partial charge >= 0.3 is 6.18 Å². The van der Waals surface area contributed by atoms with Gasteiger partial charge in [-0.15, -0.1) is 0 Å². The zero-order valence-corrected chi connectivity index (χ0v) is 9.62. The van der Waals surface area contributed by atoms with Crippen molar-refractivity contribution in [1.82, 2.24) is 9.97 Å². The number of aromatic nitrogens is 2. The van der Waals surface area contributed by atoms with Gasteiger partial charge in [0.2, 0.25) is 5.88 Å². The van der Waals surface area contributed by atoms with Crippen molar-refractivity contribution in [2.75, 3.05) is 18.6 Å². The molecule has 102 valence electrons. The minimum absolute atomic E-state index is 0.0639. The smallest absolute Gasteiger partial charge is 0.422 e. The van der Waals surface area contributed by atoms with Crippen molar-refractivity contribution in [2.45, 2.75) is 19.7 Å². The molecule has 9 heteroatoms. The third-order valence-corrected chi connectivity index (χ3v) is 1.72. The van der Waals surface area contributed by atoms with E-state index in [1.165, 1.54) is 6.07 Å². The van der Waals surface area contributed by atoms with Crippen molar-refractivity contribution in [2.24, 2.45) is 5.84 Å². The molecule has 0 fully saturated rings. The number of anilines is 1. The van der Waals surface area contributed by atoms with E-state index >= 15 is 0 Å². The van der Waals surface area contributed by atoms with Gasteiger partial charge in [-0.2, -0.15) is 18.2 Å². The van der Waals surface area contributed by atoms with Crippen LogP contribution >= 0.6 is 0 Å². The Labute approximate surface area is 101 Å². The van der Waals surface area contributed by atoms with Crippen LogP contribution in [0.15, 0.2) is 6.07 Å². The monoisotopic (exact) mass is 266 g/mol. The maximum atomic E-state index is 12.0. The van der Waals surface area contributed by atoms with Crippen LogP contribution in [0.25, 0.3) is 0 Å². The summed E-state index contributed by atoms with van der Waals surface area (Å²) in [7, 11) is 0. The van der Waals surface area contributed by atoms with Crippen molar-refractivity contribution in [1.29, 1.82) is 0 Å². The first-order valence-corrected chi connectivity index (χ1v) is 5.06. The van der Waals surface area contributed by atoms with E-state index in [0.29, 0.717) is 6.61 Å². The largest absolute Gasteiger partial charge is 0.468 e. The van der Waals surface area contributed by atoms with E-state index in [0.717, 1.165) is 0 Å². The van der Waals surface area contributed by atoms with Crippen LogP contribution in [-0.2, 0) is 11.3 Å². The molecule has 0 aliphatic heterocycles. The van der Waals surface area contributed by atoms with E-state index in [1.54, 1.807) is 6.92 Å². The SMILES string of the molecule is CCOCc1nc(NN)cc(OCC(F)(F)F)n1. The summed E-state index contributed by atoms with van der Waals surface area (Å²) in [6.07, 6.45) is -4.43. The molecule has 6 nitrogen and oxygen atoms in total. The summed E-state index contributed by atoms with van der Waals surface area (Å²) in [5.41, 5.74) is 2.21. The molecule has 0 saturated carbocycles. The lowest BCUT2D eigenvalue weighted by Gasteiger charge is -2.10. The second-order valence-corrected chi connectivity index (χ2v) is 3.19. The Morgan fingerprint density at radius 3 is 2.67 bits per heavy atom. The molecule has 0 aliphatic rings. The quantitative estimate of drug-likeness (QED) is 0.595. The lowest BCUT2D eigenvalue weighted by atomic mass is 10.5. The van der Waals surface area contributed by atoms with Gasteiger partial charge in [0, 0.05) is 12.7 Å². The highest BCUT2D eigenvalue weighted by Gasteiger charge is 2.28. The summed E-state index contributed by atoms with van der Waals surface area (Å²) in [5, 5.41) is 0. The number of halogens is 3. The van der Waals surface area contributed by atoms with Gasteiger partial charge < -0.3 is 14.9 Å². The predicted octanol–water partition coefficient (Wildman–Crippen LogP) is 1.24. The molecular formula is C9H13F3N4O2. The molecule has 0 bridgehead atoms. The number of hydrazine groups is 1. The fourth-order valence-electron chi connectivity index (χ4n) is 1.03. The van der Waals surface area contributed by atoms with Gasteiger partial charge in [0.15, 0.2) is 12.4 Å². The van der Waals surface area contributed by atoms with E-state index in [4.69, 9.17) is 10.6 Å². The zero-order valence-electron chi connectivity index (χ0n) is 9.62. The molecule has 0 radical (unpaired) electrons. The van der Waals surface area contributed by atoms with Crippen LogP contribution in [-0.4, -0.2) is 29.4 Å². The number of nitrogen functional groups attached to an aromatic ring is 1. The molecule has 18 heavy (non-hydrogen) atoms. The Hall–Kier alpha value is -1.61. The maximum absolute atomic E-state index is 12.0. The number of rotatable bonds is 6. The normalized spacial score (nSPS) is 11.4. The van der Waals surface area contributed by atoms with Crippen LogP contribution in [0.5, 0.6) is 5.88 Å². The van der Waals surface area contributed by atoms with Crippen molar-refractivity contribution >= 4 is 5.82 Å². The summed E-state index contributed by atoms with van der Waals surface area (Å²) in [4.78, 5) is 7.67. The van der Waals surface area contributed by atoms with Crippen molar-refractivity contribution in [3.8, 4) is 5.88 Å². The molecule has 0 spiro atoms. The third-order valence-electron chi connectivity index (χ3n) is 1.72. The van der Waals surface area contributed by atoms with E-state index in [-0.39, 0.29) is 24.1 Å². The molecule has 0 amide bonds. The summed E-state index contributed by atoms with van der Waals surface area (Å²) in [5.74, 6) is 5.26. The highest BCUT2D eigenvalue weighted by atomic mass is 19.4. The number of nitrogens with two attached hydrogens (primary N) is 1. The summed E-state index contributed by atoms with van der Waals surface area (Å²) in [6, 6.07) is 1.17. The highest BCUT2D eigenvalue weighted by molar-refractivity contribution is 5.36. The van der Waals surface area contributed by atoms with Crippen molar-refractivity contribution in [3.05, 3.63) is 11.9 Å². The Balaban J connectivity index is 2.76. The average Bonchev–Trinajstić information content (AvgIpc) is 2.32. The van der Waals surface area contributed by atoms with Gasteiger partial charge in [0.25, 0.3) is 0 Å². The summed E-state index contributed by atoms with van der Waals surface area (Å²) >= 11 is 0. The van der Waals surface area contributed by atoms with Crippen LogP contribution in [0.4, 0.5) is 19.0 Å². The molecule has 1 aromatic rings. The third kappa shape index (κ3) is 5.15. The highest BCUT2D eigenvalue weighted by Crippen LogP contribution is 2.19. The van der Waals surface area contributed by atoms with Crippen LogP contribution in [0.3, 0.4) is 0 Å². The van der Waals surface area contributed by atoms with Gasteiger partial charge in [-0.3, -0.25) is 0 Å². The summed E-state index contributed by atoms with van der Waals surface area (Å²) < 4.78 is 45.5. The van der Waals surface area contributed by atoms with Crippen molar-refractivity contribution in [3.63, 3.8) is 0 Å². The first-order chi connectivity index (χ1) is 8.44. The van der Waals surface area contributed by atoms with E-state index in [2.05, 4.69) is 20.1 Å². The topological polar surface area (TPSA) is 82.3 Å². The average molecular weight is 266 g/mol. The molecule has 0 atom stereocenters. The van der Waals surface area contributed by atoms with Crippen LogP contribution in [0.2, 0.25) is 0 Å². The fourth-order valence-corrected chi connectivity index (χ4v) is 1.03.